The fourth-order valence-corrected chi connectivity index (χ4v) is 13.8. The molecule has 0 aliphatic heterocycles. The van der Waals surface area contributed by atoms with E-state index in [0.29, 0.717) is 31.6 Å². The van der Waals surface area contributed by atoms with Gasteiger partial charge in [-0.05, 0) is 49.4 Å². The van der Waals surface area contributed by atoms with Crippen molar-refractivity contribution in [2.24, 2.45) is 23.7 Å². The molecular weight excluding hydrogens is 1290 g/mol. The number of hydrogen-bond acceptors (Lipinski definition) is 15. The molecule has 0 aliphatic rings. The summed E-state index contributed by atoms with van der Waals surface area (Å²) in [6, 6.07) is 0. The van der Waals surface area contributed by atoms with Gasteiger partial charge in [-0.3, -0.25) is 37.3 Å². The van der Waals surface area contributed by atoms with Crippen molar-refractivity contribution >= 4 is 39.5 Å². The van der Waals surface area contributed by atoms with E-state index in [4.69, 9.17) is 37.0 Å². The van der Waals surface area contributed by atoms with Crippen molar-refractivity contribution in [2.45, 2.75) is 427 Å². The van der Waals surface area contributed by atoms with Crippen molar-refractivity contribution in [3.05, 3.63) is 0 Å². The molecule has 19 heteroatoms. The van der Waals surface area contributed by atoms with Gasteiger partial charge >= 0.3 is 39.5 Å². The lowest BCUT2D eigenvalue weighted by molar-refractivity contribution is -0.161. The number of phosphoric acid groups is 2. The highest BCUT2D eigenvalue weighted by Gasteiger charge is 2.30. The molecule has 0 saturated heterocycles. The van der Waals surface area contributed by atoms with Gasteiger partial charge in [0.15, 0.2) is 12.2 Å². The minimum atomic E-state index is -4.96. The smallest absolute Gasteiger partial charge is 0.462 e. The predicted octanol–water partition coefficient (Wildman–Crippen LogP) is 23.6. The topological polar surface area (TPSA) is 237 Å². The van der Waals surface area contributed by atoms with Crippen LogP contribution in [0.2, 0.25) is 0 Å². The van der Waals surface area contributed by atoms with Gasteiger partial charge in [0.1, 0.15) is 19.3 Å². The molecule has 7 atom stereocenters. The van der Waals surface area contributed by atoms with Crippen LogP contribution in [0.25, 0.3) is 0 Å². The van der Waals surface area contributed by atoms with Crippen LogP contribution in [0.1, 0.15) is 409 Å². The van der Waals surface area contributed by atoms with Gasteiger partial charge in [-0.2, -0.15) is 0 Å². The quantitative estimate of drug-likeness (QED) is 0.0222. The summed E-state index contributed by atoms with van der Waals surface area (Å²) in [5, 5.41) is 10.6. The Labute approximate surface area is 607 Å². The van der Waals surface area contributed by atoms with Gasteiger partial charge in [0.2, 0.25) is 0 Å². The molecule has 0 heterocycles. The number of unbranched alkanes of at least 4 members (excludes halogenated alkanes) is 41. The minimum Gasteiger partial charge on any atom is -0.462 e. The molecule has 0 bridgehead atoms. The summed E-state index contributed by atoms with van der Waals surface area (Å²) in [5.41, 5.74) is 0. The van der Waals surface area contributed by atoms with Gasteiger partial charge in [-0.15, -0.1) is 0 Å². The average Bonchev–Trinajstić information content (AvgIpc) is 1.14. The number of phosphoric ester groups is 2. The highest BCUT2D eigenvalue weighted by atomic mass is 31.2. The zero-order chi connectivity index (χ0) is 73.1. The lowest BCUT2D eigenvalue weighted by atomic mass is 9.99. The Hall–Kier alpha value is -1.94. The summed E-state index contributed by atoms with van der Waals surface area (Å²) in [7, 11) is -9.92. The molecule has 0 aromatic carbocycles. The summed E-state index contributed by atoms with van der Waals surface area (Å²) >= 11 is 0. The number of aliphatic hydroxyl groups excluding tert-OH is 1. The molecule has 0 rings (SSSR count). The fraction of sp³-hybridized carbons (Fsp3) is 0.950. The lowest BCUT2D eigenvalue weighted by Gasteiger charge is -2.21. The Morgan fingerprint density at radius 1 is 0.283 bits per heavy atom. The number of aliphatic hydroxyl groups is 1. The second-order valence-corrected chi connectivity index (χ2v) is 33.1. The Morgan fingerprint density at radius 3 is 0.717 bits per heavy atom. The van der Waals surface area contributed by atoms with Crippen LogP contribution in [0, 0.1) is 23.7 Å². The number of esters is 4. The largest absolute Gasteiger partial charge is 0.472 e. The zero-order valence-electron chi connectivity index (χ0n) is 65.1. The van der Waals surface area contributed by atoms with E-state index in [9.17, 15) is 43.2 Å². The highest BCUT2D eigenvalue weighted by Crippen LogP contribution is 2.45. The van der Waals surface area contributed by atoms with Crippen molar-refractivity contribution in [3.63, 3.8) is 0 Å². The summed E-state index contributed by atoms with van der Waals surface area (Å²) < 4.78 is 68.6. The van der Waals surface area contributed by atoms with E-state index in [1.165, 1.54) is 205 Å². The normalized spacial score (nSPS) is 14.6. The Morgan fingerprint density at radius 2 is 0.485 bits per heavy atom. The van der Waals surface area contributed by atoms with E-state index in [-0.39, 0.29) is 25.7 Å². The monoisotopic (exact) mass is 1450 g/mol. The molecule has 0 saturated carbocycles. The molecule has 0 radical (unpaired) electrons. The first-order valence-electron chi connectivity index (χ1n) is 41.3. The van der Waals surface area contributed by atoms with Crippen LogP contribution >= 0.6 is 15.6 Å². The molecule has 17 nitrogen and oxygen atoms in total. The van der Waals surface area contributed by atoms with Crippen LogP contribution in [0.5, 0.6) is 0 Å². The van der Waals surface area contributed by atoms with Crippen LogP contribution in [0.15, 0.2) is 0 Å². The third-order valence-corrected chi connectivity index (χ3v) is 21.2. The number of carbonyl (C=O) groups is 4. The molecule has 0 aromatic heterocycles. The van der Waals surface area contributed by atoms with Gasteiger partial charge in [0.25, 0.3) is 0 Å². The summed E-state index contributed by atoms with van der Waals surface area (Å²) in [4.78, 5) is 73.0. The van der Waals surface area contributed by atoms with Crippen molar-refractivity contribution in [3.8, 4) is 0 Å². The first-order valence-corrected chi connectivity index (χ1v) is 44.3. The van der Waals surface area contributed by atoms with Gasteiger partial charge in [0, 0.05) is 25.7 Å². The van der Waals surface area contributed by atoms with Gasteiger partial charge in [0.05, 0.1) is 26.4 Å². The van der Waals surface area contributed by atoms with Gasteiger partial charge < -0.3 is 33.8 Å². The predicted molar refractivity (Wildman–Crippen MR) is 404 cm³/mol. The molecule has 0 aromatic rings. The Balaban J connectivity index is 5.24. The zero-order valence-corrected chi connectivity index (χ0v) is 66.9. The SMILES string of the molecule is CCC(C)CCCCCCCCCCCCCCCCC(=O)O[C@H](COC(=O)CCCCCCCCCCCCCCCCCCC(C)C)COP(=O)(O)OCC(O)COP(=O)(O)OC[C@@H](COC(=O)CCCCCCCCCC(C)C)OC(=O)CCCCCCCCCCC(C)CC. The molecule has 5 unspecified atom stereocenters. The van der Waals surface area contributed by atoms with Crippen molar-refractivity contribution in [1.82, 2.24) is 0 Å². The average molecular weight is 1450 g/mol. The van der Waals surface area contributed by atoms with Crippen LogP contribution in [0.3, 0.4) is 0 Å². The van der Waals surface area contributed by atoms with Gasteiger partial charge in [-0.25, -0.2) is 9.13 Å². The van der Waals surface area contributed by atoms with Crippen molar-refractivity contribution in [1.29, 1.82) is 0 Å². The summed E-state index contributed by atoms with van der Waals surface area (Å²) in [6.45, 7) is 14.3. The third kappa shape index (κ3) is 71.5. The molecule has 0 amide bonds. The van der Waals surface area contributed by atoms with E-state index in [1.807, 2.05) is 0 Å². The molecule has 99 heavy (non-hydrogen) atoms. The van der Waals surface area contributed by atoms with Gasteiger partial charge in [-0.1, -0.05) is 357 Å². The fourth-order valence-electron chi connectivity index (χ4n) is 12.2. The second kappa shape index (κ2) is 69.1. The molecule has 3 N–H and O–H groups in total. The molecule has 0 aliphatic carbocycles. The van der Waals surface area contributed by atoms with Crippen LogP contribution < -0.4 is 0 Å². The van der Waals surface area contributed by atoms with E-state index in [2.05, 4.69) is 55.4 Å². The maximum absolute atomic E-state index is 13.1. The molecule has 0 spiro atoms. The number of ether oxygens (including phenoxy) is 4. The minimum absolute atomic E-state index is 0.104. The van der Waals surface area contributed by atoms with Crippen molar-refractivity contribution in [2.75, 3.05) is 39.6 Å². The highest BCUT2D eigenvalue weighted by molar-refractivity contribution is 7.47. The molecule has 588 valence electrons. The first kappa shape index (κ1) is 97.1. The van der Waals surface area contributed by atoms with E-state index >= 15 is 0 Å². The number of hydrogen-bond donors (Lipinski definition) is 3. The van der Waals surface area contributed by atoms with E-state index in [1.54, 1.807) is 0 Å². The second-order valence-electron chi connectivity index (χ2n) is 30.2. The lowest BCUT2D eigenvalue weighted by Crippen LogP contribution is -2.30. The Bertz CT molecular complexity index is 1940. The first-order chi connectivity index (χ1) is 47.7. The Kier molecular flexibility index (Phi) is 67.8. The maximum Gasteiger partial charge on any atom is 0.472 e. The van der Waals surface area contributed by atoms with E-state index < -0.39 is 97.5 Å². The molecular formula is C80H156O17P2. The molecule has 0 fully saturated rings. The third-order valence-electron chi connectivity index (χ3n) is 19.3. The number of rotatable bonds is 77. The van der Waals surface area contributed by atoms with Crippen LogP contribution in [-0.4, -0.2) is 96.7 Å². The summed E-state index contributed by atoms with van der Waals surface area (Å²) in [5.74, 6) is 1.02. The van der Waals surface area contributed by atoms with E-state index in [0.717, 1.165) is 114 Å². The van der Waals surface area contributed by atoms with Crippen LogP contribution in [0.4, 0.5) is 0 Å². The summed E-state index contributed by atoms with van der Waals surface area (Å²) in [6.07, 6.45) is 55.5. The van der Waals surface area contributed by atoms with Crippen LogP contribution in [-0.2, 0) is 65.4 Å². The number of carbonyl (C=O) groups excluding carboxylic acids is 4. The van der Waals surface area contributed by atoms with Crippen molar-refractivity contribution < 1.29 is 80.2 Å². The maximum atomic E-state index is 13.1. The standard InChI is InChI=1S/C80H156O17P2/c1-9-72(7)58-50-42-34-26-22-18-15-16-20-24-28-37-46-54-62-79(84)96-75(66-90-77(82)60-52-44-36-27-23-19-14-12-11-13-17-21-25-32-40-48-56-70(3)4)68-94-98(86,87)92-64-74(81)65-93-99(88,89)95-69-76(67-91-78(83)61-53-45-39-31-33-41-49-57-71(5)6)97-80(85)63-55-47-38-30-29-35-43-51-59-73(8)10-2/h70-76,81H,9-69H2,1-8H3,(H,86,87)(H,88,89)/t72?,73?,74?,75-,76-/m1/s1.